The fourth-order valence-electron chi connectivity index (χ4n) is 1.68. The largest absolute Gasteiger partial charge is 0.491 e. The normalized spacial score (nSPS) is 25.1. The zero-order chi connectivity index (χ0) is 13.8. The van der Waals surface area contributed by atoms with Crippen LogP contribution >= 0.6 is 0 Å². The van der Waals surface area contributed by atoms with E-state index in [1.807, 2.05) is 31.2 Å². The summed E-state index contributed by atoms with van der Waals surface area (Å²) in [5.74, 6) is 1.65. The smallest absolute Gasteiger partial charge is 0.119 e. The van der Waals surface area contributed by atoms with Crippen molar-refractivity contribution >= 4 is 0 Å². The van der Waals surface area contributed by atoms with Crippen molar-refractivity contribution in [3.63, 3.8) is 0 Å². The van der Waals surface area contributed by atoms with Crippen LogP contribution in [0.5, 0.6) is 11.5 Å². The fraction of sp³-hybridized carbons (Fsp3) is 0.600. The lowest BCUT2D eigenvalue weighted by atomic mass is 10.3. The molecule has 2 fully saturated rings. The number of ether oxygens (including phenoxy) is 5. The molecule has 0 aromatic heterocycles. The highest BCUT2D eigenvalue weighted by Gasteiger charge is 2.24. The molecule has 3 atom stereocenters. The molecular formula is C15H20O5. The lowest BCUT2D eigenvalue weighted by Gasteiger charge is -2.14. The second-order valence-electron chi connectivity index (χ2n) is 5.15. The molecule has 20 heavy (non-hydrogen) atoms. The molecule has 5 heteroatoms. The Labute approximate surface area is 118 Å². The molecule has 0 amide bonds. The van der Waals surface area contributed by atoms with Crippen molar-refractivity contribution < 1.29 is 23.7 Å². The predicted molar refractivity (Wildman–Crippen MR) is 72.3 cm³/mol. The summed E-state index contributed by atoms with van der Waals surface area (Å²) in [6, 6.07) is 7.61. The molecule has 0 bridgehead atoms. The molecule has 2 aliphatic rings. The Bertz CT molecular complexity index is 411. The highest BCUT2D eigenvalue weighted by molar-refractivity contribution is 5.31. The van der Waals surface area contributed by atoms with Gasteiger partial charge in [-0.2, -0.15) is 0 Å². The van der Waals surface area contributed by atoms with Gasteiger partial charge in [0.25, 0.3) is 0 Å². The summed E-state index contributed by atoms with van der Waals surface area (Å²) in [6.07, 6.45) is 0.630. The number of rotatable bonds is 9. The molecule has 1 aromatic carbocycles. The van der Waals surface area contributed by atoms with E-state index in [4.69, 9.17) is 23.7 Å². The first-order valence-corrected chi connectivity index (χ1v) is 7.00. The van der Waals surface area contributed by atoms with Crippen LogP contribution in [0.15, 0.2) is 24.3 Å². The van der Waals surface area contributed by atoms with Gasteiger partial charge in [0.1, 0.15) is 36.9 Å². The van der Waals surface area contributed by atoms with E-state index in [-0.39, 0.29) is 12.2 Å². The first-order chi connectivity index (χ1) is 9.79. The van der Waals surface area contributed by atoms with Crippen LogP contribution in [0.3, 0.4) is 0 Å². The van der Waals surface area contributed by atoms with Crippen LogP contribution in [0.4, 0.5) is 0 Å². The average molecular weight is 280 g/mol. The Hall–Kier alpha value is -1.30. The van der Waals surface area contributed by atoms with Gasteiger partial charge in [-0.3, -0.25) is 0 Å². The molecule has 1 aromatic rings. The van der Waals surface area contributed by atoms with E-state index in [2.05, 4.69) is 0 Å². The quantitative estimate of drug-likeness (QED) is 0.644. The lowest BCUT2D eigenvalue weighted by Crippen LogP contribution is -2.20. The van der Waals surface area contributed by atoms with E-state index in [9.17, 15) is 0 Å². The van der Waals surface area contributed by atoms with Crippen LogP contribution in [0.2, 0.25) is 0 Å². The topological polar surface area (TPSA) is 52.8 Å². The third-order valence-electron chi connectivity index (χ3n) is 3.12. The minimum Gasteiger partial charge on any atom is -0.491 e. The molecule has 2 heterocycles. The van der Waals surface area contributed by atoms with Gasteiger partial charge in [0.05, 0.1) is 25.9 Å². The average Bonchev–Trinajstić information content (AvgIpc) is 3.36. The molecule has 0 saturated carbocycles. The summed E-state index contributed by atoms with van der Waals surface area (Å²) in [5, 5.41) is 0. The van der Waals surface area contributed by atoms with Crippen LogP contribution < -0.4 is 9.47 Å². The van der Waals surface area contributed by atoms with Gasteiger partial charge in [0.15, 0.2) is 0 Å². The van der Waals surface area contributed by atoms with Gasteiger partial charge < -0.3 is 23.7 Å². The van der Waals surface area contributed by atoms with E-state index in [0.717, 1.165) is 24.7 Å². The monoisotopic (exact) mass is 280 g/mol. The minimum atomic E-state index is 0.0575. The minimum absolute atomic E-state index is 0.0575. The number of epoxide rings is 2. The first kappa shape index (κ1) is 13.7. The summed E-state index contributed by atoms with van der Waals surface area (Å²) in [6.45, 7) is 5.43. The van der Waals surface area contributed by atoms with Crippen molar-refractivity contribution in [2.45, 2.75) is 25.2 Å². The van der Waals surface area contributed by atoms with Crippen molar-refractivity contribution in [3.05, 3.63) is 24.3 Å². The number of hydrogen-bond acceptors (Lipinski definition) is 5. The highest BCUT2D eigenvalue weighted by Crippen LogP contribution is 2.19. The predicted octanol–water partition coefficient (Wildman–Crippen LogP) is 1.65. The molecule has 0 spiro atoms. The van der Waals surface area contributed by atoms with E-state index in [1.54, 1.807) is 0 Å². The Morgan fingerprint density at radius 2 is 1.55 bits per heavy atom. The maximum Gasteiger partial charge on any atom is 0.119 e. The van der Waals surface area contributed by atoms with Gasteiger partial charge in [0, 0.05) is 0 Å². The molecule has 0 aliphatic carbocycles. The summed E-state index contributed by atoms with van der Waals surface area (Å²) >= 11 is 0. The summed E-state index contributed by atoms with van der Waals surface area (Å²) in [7, 11) is 0. The highest BCUT2D eigenvalue weighted by atomic mass is 16.6. The van der Waals surface area contributed by atoms with Gasteiger partial charge in [-0.15, -0.1) is 0 Å². The van der Waals surface area contributed by atoms with Crippen LogP contribution in [0.1, 0.15) is 6.92 Å². The second-order valence-corrected chi connectivity index (χ2v) is 5.15. The van der Waals surface area contributed by atoms with E-state index < -0.39 is 0 Å². The molecule has 3 unspecified atom stereocenters. The second kappa shape index (κ2) is 6.43. The van der Waals surface area contributed by atoms with Crippen molar-refractivity contribution in [2.24, 2.45) is 0 Å². The Kier molecular flexibility index (Phi) is 4.40. The van der Waals surface area contributed by atoms with E-state index in [0.29, 0.717) is 25.9 Å². The zero-order valence-corrected chi connectivity index (χ0v) is 11.6. The third-order valence-corrected chi connectivity index (χ3v) is 3.12. The Balaban J connectivity index is 1.35. The van der Waals surface area contributed by atoms with Crippen molar-refractivity contribution in [2.75, 3.05) is 33.0 Å². The SMILES string of the molecule is CC(COc1ccc(OCC2CO2)cc1)OCC1CO1. The molecule has 2 saturated heterocycles. The van der Waals surface area contributed by atoms with Gasteiger partial charge in [-0.05, 0) is 31.2 Å². The molecule has 0 radical (unpaired) electrons. The van der Waals surface area contributed by atoms with Crippen LogP contribution in [0.25, 0.3) is 0 Å². The van der Waals surface area contributed by atoms with Gasteiger partial charge in [-0.1, -0.05) is 0 Å². The van der Waals surface area contributed by atoms with Crippen LogP contribution in [0, 0.1) is 0 Å². The van der Waals surface area contributed by atoms with Crippen molar-refractivity contribution in [3.8, 4) is 11.5 Å². The maximum atomic E-state index is 5.67. The van der Waals surface area contributed by atoms with Crippen LogP contribution in [-0.2, 0) is 14.2 Å². The van der Waals surface area contributed by atoms with Gasteiger partial charge in [0.2, 0.25) is 0 Å². The lowest BCUT2D eigenvalue weighted by molar-refractivity contribution is 0.0241. The molecule has 110 valence electrons. The van der Waals surface area contributed by atoms with Gasteiger partial charge in [-0.25, -0.2) is 0 Å². The maximum absolute atomic E-state index is 5.67. The van der Waals surface area contributed by atoms with E-state index in [1.165, 1.54) is 0 Å². The fourth-order valence-corrected chi connectivity index (χ4v) is 1.68. The Morgan fingerprint density at radius 3 is 2.15 bits per heavy atom. The molecule has 0 N–H and O–H groups in total. The first-order valence-electron chi connectivity index (χ1n) is 7.00. The molecule has 2 aliphatic heterocycles. The summed E-state index contributed by atoms with van der Waals surface area (Å²) in [5.41, 5.74) is 0. The van der Waals surface area contributed by atoms with Crippen LogP contribution in [-0.4, -0.2) is 51.3 Å². The molecule has 5 nitrogen and oxygen atoms in total. The number of benzene rings is 1. The molecular weight excluding hydrogens is 260 g/mol. The van der Waals surface area contributed by atoms with Crippen molar-refractivity contribution in [1.82, 2.24) is 0 Å². The van der Waals surface area contributed by atoms with Crippen molar-refractivity contribution in [1.29, 1.82) is 0 Å². The summed E-state index contributed by atoms with van der Waals surface area (Å²) < 4.78 is 27.0. The summed E-state index contributed by atoms with van der Waals surface area (Å²) in [4.78, 5) is 0. The zero-order valence-electron chi connectivity index (χ0n) is 11.6. The van der Waals surface area contributed by atoms with Gasteiger partial charge >= 0.3 is 0 Å². The number of hydrogen-bond donors (Lipinski definition) is 0. The molecule has 3 rings (SSSR count). The van der Waals surface area contributed by atoms with E-state index >= 15 is 0 Å². The standard InChI is InChI=1S/C15H20O5/c1-11(16-7-14-9-19-14)6-17-12-2-4-13(5-3-12)18-8-15-10-20-15/h2-5,11,14-15H,6-10H2,1H3. The third kappa shape index (κ3) is 4.67. The Morgan fingerprint density at radius 1 is 1.00 bits per heavy atom.